The number of ether oxygens (including phenoxy) is 1. The van der Waals surface area contributed by atoms with Crippen LogP contribution in [-0.4, -0.2) is 24.1 Å². The van der Waals surface area contributed by atoms with Gasteiger partial charge < -0.3 is 15.2 Å². The van der Waals surface area contributed by atoms with Crippen molar-refractivity contribution in [3.8, 4) is 5.75 Å². The lowest BCUT2D eigenvalue weighted by Crippen LogP contribution is -2.13. The monoisotopic (exact) mass is 285 g/mol. The number of hydrogen-bond acceptors (Lipinski definition) is 3. The molecule has 0 fully saturated rings. The molecule has 104 valence electrons. The minimum Gasteiger partial charge on any atom is -0.493 e. The second-order valence-electron chi connectivity index (χ2n) is 4.00. The van der Waals surface area contributed by atoms with E-state index in [1.54, 1.807) is 0 Å². The summed E-state index contributed by atoms with van der Waals surface area (Å²) in [5.74, 6) is -1.05. The molecule has 0 aliphatic heterocycles. The van der Waals surface area contributed by atoms with Crippen LogP contribution in [0.4, 0.5) is 5.69 Å². The van der Waals surface area contributed by atoms with Crippen molar-refractivity contribution in [3.63, 3.8) is 0 Å². The highest BCUT2D eigenvalue weighted by atomic mass is 35.5. The molecule has 2 N–H and O–H groups in total. The molecule has 1 aromatic rings. The van der Waals surface area contributed by atoms with Gasteiger partial charge in [-0.05, 0) is 18.6 Å². The third kappa shape index (κ3) is 4.13. The average Bonchev–Trinajstić information content (AvgIpc) is 2.35. The van der Waals surface area contributed by atoms with Gasteiger partial charge in [-0.1, -0.05) is 24.9 Å². The standard InChI is InChI=1S/C13H16ClNO4/c1-3-4-5-11(16)15-10-7-8(13(17)18)6-9(14)12(10)19-2/h6-7H,3-5H2,1-2H3,(H,15,16)(H,17,18). The number of unbranched alkanes of at least 4 members (excludes halogenated alkanes) is 1. The van der Waals surface area contributed by atoms with Crippen molar-refractivity contribution in [2.24, 2.45) is 0 Å². The molecule has 19 heavy (non-hydrogen) atoms. The number of carboxylic acids is 1. The topological polar surface area (TPSA) is 75.6 Å². The molecule has 0 aromatic heterocycles. The van der Waals surface area contributed by atoms with Gasteiger partial charge >= 0.3 is 5.97 Å². The predicted octanol–water partition coefficient (Wildman–Crippen LogP) is 3.18. The molecule has 0 aliphatic carbocycles. The van der Waals surface area contributed by atoms with Gasteiger partial charge in [0, 0.05) is 6.42 Å². The summed E-state index contributed by atoms with van der Waals surface area (Å²) in [5.41, 5.74) is 0.269. The molecule has 0 radical (unpaired) electrons. The molecule has 0 saturated carbocycles. The SMILES string of the molecule is CCCCC(=O)Nc1cc(C(=O)O)cc(Cl)c1OC. The van der Waals surface area contributed by atoms with Gasteiger partial charge in [0.25, 0.3) is 0 Å². The van der Waals surface area contributed by atoms with Crippen molar-refractivity contribution >= 4 is 29.2 Å². The molecule has 0 saturated heterocycles. The van der Waals surface area contributed by atoms with Crippen molar-refractivity contribution in [2.45, 2.75) is 26.2 Å². The second kappa shape index (κ2) is 6.99. The summed E-state index contributed by atoms with van der Waals surface area (Å²) in [4.78, 5) is 22.6. The van der Waals surface area contributed by atoms with Crippen LogP contribution in [0, 0.1) is 0 Å². The van der Waals surface area contributed by atoms with E-state index in [-0.39, 0.29) is 27.9 Å². The van der Waals surface area contributed by atoms with Gasteiger partial charge in [0.05, 0.1) is 23.4 Å². The minimum atomic E-state index is -1.12. The summed E-state index contributed by atoms with van der Waals surface area (Å²) in [7, 11) is 1.41. The molecule has 0 bridgehead atoms. The fourth-order valence-corrected chi connectivity index (χ4v) is 1.86. The first-order valence-electron chi connectivity index (χ1n) is 5.90. The molecule has 1 amide bonds. The van der Waals surface area contributed by atoms with E-state index in [4.69, 9.17) is 21.4 Å². The lowest BCUT2D eigenvalue weighted by atomic mass is 10.1. The van der Waals surface area contributed by atoms with Gasteiger partial charge in [-0.3, -0.25) is 4.79 Å². The summed E-state index contributed by atoms with van der Waals surface area (Å²) in [5, 5.41) is 11.7. The number of aromatic carboxylic acids is 1. The zero-order chi connectivity index (χ0) is 14.4. The Morgan fingerprint density at radius 3 is 2.63 bits per heavy atom. The number of carbonyl (C=O) groups is 2. The van der Waals surface area contributed by atoms with E-state index in [9.17, 15) is 9.59 Å². The third-order valence-corrected chi connectivity index (χ3v) is 2.81. The third-order valence-electron chi connectivity index (χ3n) is 2.53. The number of amides is 1. The molecule has 0 heterocycles. The zero-order valence-corrected chi connectivity index (χ0v) is 11.6. The van der Waals surface area contributed by atoms with Crippen molar-refractivity contribution < 1.29 is 19.4 Å². The first-order chi connectivity index (χ1) is 8.99. The molecule has 6 heteroatoms. The number of nitrogens with one attached hydrogen (secondary N) is 1. The predicted molar refractivity (Wildman–Crippen MR) is 73.1 cm³/mol. The molecule has 1 rings (SSSR count). The first-order valence-corrected chi connectivity index (χ1v) is 6.28. The van der Waals surface area contributed by atoms with E-state index in [2.05, 4.69) is 5.32 Å². The fourth-order valence-electron chi connectivity index (χ4n) is 1.57. The Balaban J connectivity index is 3.03. The summed E-state index contributed by atoms with van der Waals surface area (Å²) in [6, 6.07) is 2.61. The van der Waals surface area contributed by atoms with Crippen LogP contribution in [0.3, 0.4) is 0 Å². The number of carboxylic acid groups (broad SMARTS) is 1. The van der Waals surface area contributed by atoms with Crippen LogP contribution < -0.4 is 10.1 Å². The van der Waals surface area contributed by atoms with Crippen LogP contribution in [0.2, 0.25) is 5.02 Å². The van der Waals surface area contributed by atoms with E-state index < -0.39 is 5.97 Å². The summed E-state index contributed by atoms with van der Waals surface area (Å²) in [6.45, 7) is 1.98. The van der Waals surface area contributed by atoms with Crippen LogP contribution in [0.25, 0.3) is 0 Å². The van der Waals surface area contributed by atoms with Crippen molar-refractivity contribution in [2.75, 3.05) is 12.4 Å². The lowest BCUT2D eigenvalue weighted by Gasteiger charge is -2.12. The largest absolute Gasteiger partial charge is 0.493 e. The Labute approximate surface area is 116 Å². The van der Waals surface area contributed by atoms with Crippen LogP contribution in [-0.2, 0) is 4.79 Å². The maximum atomic E-state index is 11.7. The highest BCUT2D eigenvalue weighted by Gasteiger charge is 2.15. The van der Waals surface area contributed by atoms with E-state index in [1.165, 1.54) is 19.2 Å². The molecule has 0 spiro atoms. The maximum Gasteiger partial charge on any atom is 0.335 e. The fraction of sp³-hybridized carbons (Fsp3) is 0.385. The molecular weight excluding hydrogens is 270 g/mol. The van der Waals surface area contributed by atoms with Gasteiger partial charge in [0.15, 0.2) is 5.75 Å². The van der Waals surface area contributed by atoms with Crippen molar-refractivity contribution in [3.05, 3.63) is 22.7 Å². The number of hydrogen-bond donors (Lipinski definition) is 2. The number of rotatable bonds is 6. The van der Waals surface area contributed by atoms with E-state index >= 15 is 0 Å². The van der Waals surface area contributed by atoms with Crippen LogP contribution >= 0.6 is 11.6 Å². The number of anilines is 1. The van der Waals surface area contributed by atoms with Gasteiger partial charge in [0.1, 0.15) is 0 Å². The quantitative estimate of drug-likeness (QED) is 0.842. The minimum absolute atomic E-state index is 0.00316. The van der Waals surface area contributed by atoms with Crippen molar-refractivity contribution in [1.29, 1.82) is 0 Å². The molecular formula is C13H16ClNO4. The number of halogens is 1. The second-order valence-corrected chi connectivity index (χ2v) is 4.40. The summed E-state index contributed by atoms with van der Waals surface area (Å²) >= 11 is 5.93. The van der Waals surface area contributed by atoms with Gasteiger partial charge in [0.2, 0.25) is 5.91 Å². The molecule has 1 aromatic carbocycles. The molecule has 0 aliphatic rings. The lowest BCUT2D eigenvalue weighted by molar-refractivity contribution is -0.116. The molecule has 5 nitrogen and oxygen atoms in total. The van der Waals surface area contributed by atoms with Crippen LogP contribution in [0.15, 0.2) is 12.1 Å². The maximum absolute atomic E-state index is 11.7. The Bertz CT molecular complexity index is 488. The van der Waals surface area contributed by atoms with Gasteiger partial charge in [-0.25, -0.2) is 4.79 Å². The van der Waals surface area contributed by atoms with E-state index in [0.717, 1.165) is 12.8 Å². The summed E-state index contributed by atoms with van der Waals surface area (Å²) in [6.07, 6.45) is 2.04. The first kappa shape index (κ1) is 15.3. The highest BCUT2D eigenvalue weighted by molar-refractivity contribution is 6.33. The zero-order valence-electron chi connectivity index (χ0n) is 10.8. The summed E-state index contributed by atoms with van der Waals surface area (Å²) < 4.78 is 5.08. The van der Waals surface area contributed by atoms with E-state index in [0.29, 0.717) is 6.42 Å². The molecule has 0 unspecified atom stereocenters. The van der Waals surface area contributed by atoms with Gasteiger partial charge in [-0.15, -0.1) is 0 Å². The van der Waals surface area contributed by atoms with E-state index in [1.807, 2.05) is 6.92 Å². The Hall–Kier alpha value is -1.75. The van der Waals surface area contributed by atoms with Crippen molar-refractivity contribution in [1.82, 2.24) is 0 Å². The Morgan fingerprint density at radius 1 is 1.42 bits per heavy atom. The average molecular weight is 286 g/mol. The number of carbonyl (C=O) groups excluding carboxylic acids is 1. The smallest absolute Gasteiger partial charge is 0.335 e. The normalized spacial score (nSPS) is 10.1. The highest BCUT2D eigenvalue weighted by Crippen LogP contribution is 2.34. The Morgan fingerprint density at radius 2 is 2.11 bits per heavy atom. The molecule has 0 atom stereocenters. The Kier molecular flexibility index (Phi) is 5.63. The van der Waals surface area contributed by atoms with Crippen LogP contribution in [0.5, 0.6) is 5.75 Å². The van der Waals surface area contributed by atoms with Crippen LogP contribution in [0.1, 0.15) is 36.5 Å². The van der Waals surface area contributed by atoms with Gasteiger partial charge in [-0.2, -0.15) is 0 Å². The number of methoxy groups -OCH3 is 1. The number of benzene rings is 1.